The third-order valence-corrected chi connectivity index (χ3v) is 2.59. The molecule has 1 heterocycles. The summed E-state index contributed by atoms with van der Waals surface area (Å²) in [6.07, 6.45) is 0.164. The van der Waals surface area contributed by atoms with E-state index in [2.05, 4.69) is 0 Å². The summed E-state index contributed by atoms with van der Waals surface area (Å²) in [5.41, 5.74) is -0.0387. The number of rotatable bonds is 1. The molecule has 1 saturated heterocycles. The molecular formula is C10H8ClF2NO. The van der Waals surface area contributed by atoms with Crippen LogP contribution < -0.4 is 4.90 Å². The average Bonchev–Trinajstić information content (AvgIpc) is 2.50. The van der Waals surface area contributed by atoms with Gasteiger partial charge in [-0.05, 0) is 12.1 Å². The second-order valence-corrected chi connectivity index (χ2v) is 4.00. The lowest BCUT2D eigenvalue weighted by Gasteiger charge is -2.16. The first-order valence-corrected chi connectivity index (χ1v) is 4.91. The Hall–Kier alpha value is -1.16. The number of nitrogens with zero attached hydrogens (tertiary/aromatic N) is 1. The molecule has 0 aliphatic carbocycles. The van der Waals surface area contributed by atoms with Gasteiger partial charge in [0.25, 0.3) is 0 Å². The molecule has 0 spiro atoms. The smallest absolute Gasteiger partial charge is 0.228 e. The molecule has 2 nitrogen and oxygen atoms in total. The molecule has 80 valence electrons. The Morgan fingerprint density at radius 1 is 1.40 bits per heavy atom. The number of carbonyl (C=O) groups is 1. The minimum Gasteiger partial charge on any atom is -0.308 e. The highest BCUT2D eigenvalue weighted by Gasteiger charge is 2.31. The SMILES string of the molecule is O=C1CC(Cl)CN1c1cccc(F)c1F. The molecule has 1 unspecified atom stereocenters. The second-order valence-electron chi connectivity index (χ2n) is 3.38. The molecule has 1 aliphatic heterocycles. The van der Waals surface area contributed by atoms with Crippen LogP contribution in [0.3, 0.4) is 0 Å². The van der Waals surface area contributed by atoms with Crippen molar-refractivity contribution in [3.05, 3.63) is 29.8 Å². The van der Waals surface area contributed by atoms with Crippen LogP contribution in [0.5, 0.6) is 0 Å². The first-order chi connectivity index (χ1) is 7.09. The quantitative estimate of drug-likeness (QED) is 0.680. The highest BCUT2D eigenvalue weighted by Crippen LogP contribution is 2.27. The molecule has 1 atom stereocenters. The van der Waals surface area contributed by atoms with E-state index in [1.54, 1.807) is 0 Å². The predicted molar refractivity (Wildman–Crippen MR) is 53.0 cm³/mol. The van der Waals surface area contributed by atoms with Crippen LogP contribution >= 0.6 is 11.6 Å². The van der Waals surface area contributed by atoms with Crippen molar-refractivity contribution in [1.29, 1.82) is 0 Å². The molecule has 0 bridgehead atoms. The average molecular weight is 232 g/mol. The van der Waals surface area contributed by atoms with Crippen LogP contribution in [0.1, 0.15) is 6.42 Å². The minimum absolute atomic E-state index is 0.0387. The van der Waals surface area contributed by atoms with Gasteiger partial charge in [0.05, 0.1) is 11.1 Å². The Labute approximate surface area is 90.4 Å². The van der Waals surface area contributed by atoms with Gasteiger partial charge in [-0.15, -0.1) is 11.6 Å². The van der Waals surface area contributed by atoms with Crippen molar-refractivity contribution in [2.75, 3.05) is 11.4 Å². The number of benzene rings is 1. The largest absolute Gasteiger partial charge is 0.308 e. The number of hydrogen-bond donors (Lipinski definition) is 0. The van der Waals surface area contributed by atoms with Crippen molar-refractivity contribution < 1.29 is 13.6 Å². The first kappa shape index (κ1) is 10.4. The zero-order valence-corrected chi connectivity index (χ0v) is 8.47. The molecule has 2 rings (SSSR count). The van der Waals surface area contributed by atoms with Gasteiger partial charge in [-0.1, -0.05) is 6.07 Å². The fraction of sp³-hybridized carbons (Fsp3) is 0.300. The third-order valence-electron chi connectivity index (χ3n) is 2.30. The number of anilines is 1. The number of amides is 1. The van der Waals surface area contributed by atoms with Gasteiger partial charge in [0.2, 0.25) is 5.91 Å². The van der Waals surface area contributed by atoms with Crippen molar-refractivity contribution in [3.8, 4) is 0 Å². The summed E-state index contributed by atoms with van der Waals surface area (Å²) in [5.74, 6) is -2.24. The highest BCUT2D eigenvalue weighted by molar-refractivity contribution is 6.24. The number of alkyl halides is 1. The van der Waals surface area contributed by atoms with Crippen LogP contribution in [0.15, 0.2) is 18.2 Å². The van der Waals surface area contributed by atoms with Crippen molar-refractivity contribution in [1.82, 2.24) is 0 Å². The maximum atomic E-state index is 13.3. The molecule has 1 aromatic carbocycles. The van der Waals surface area contributed by atoms with Crippen LogP contribution in [0.2, 0.25) is 0 Å². The normalized spacial score (nSPS) is 21.1. The minimum atomic E-state index is -1.00. The lowest BCUT2D eigenvalue weighted by Crippen LogP contribution is -2.25. The summed E-state index contributed by atoms with van der Waals surface area (Å²) in [4.78, 5) is 12.6. The number of halogens is 3. The molecule has 1 amide bonds. The highest BCUT2D eigenvalue weighted by atomic mass is 35.5. The van der Waals surface area contributed by atoms with Crippen LogP contribution in [0.4, 0.5) is 14.5 Å². The van der Waals surface area contributed by atoms with Gasteiger partial charge in [-0.2, -0.15) is 0 Å². The standard InChI is InChI=1S/C10H8ClF2NO/c11-6-4-9(15)14(5-6)8-3-1-2-7(12)10(8)13/h1-3,6H,4-5H2. The summed E-state index contributed by atoms with van der Waals surface area (Å²) >= 11 is 5.77. The molecule has 15 heavy (non-hydrogen) atoms. The summed E-state index contributed by atoms with van der Waals surface area (Å²) in [6.45, 7) is 0.223. The van der Waals surface area contributed by atoms with Gasteiger partial charge in [0, 0.05) is 13.0 Å². The van der Waals surface area contributed by atoms with Gasteiger partial charge in [-0.3, -0.25) is 4.79 Å². The summed E-state index contributed by atoms with van der Waals surface area (Å²) in [6, 6.07) is 3.74. The fourth-order valence-corrected chi connectivity index (χ4v) is 1.87. The van der Waals surface area contributed by atoms with Crippen LogP contribution in [0, 0.1) is 11.6 Å². The molecule has 0 aromatic heterocycles. The molecule has 1 aliphatic rings. The number of hydrogen-bond acceptors (Lipinski definition) is 1. The van der Waals surface area contributed by atoms with E-state index in [9.17, 15) is 13.6 Å². The molecule has 5 heteroatoms. The Bertz CT molecular complexity index is 410. The maximum absolute atomic E-state index is 13.3. The van der Waals surface area contributed by atoms with Gasteiger partial charge in [-0.25, -0.2) is 8.78 Å². The molecule has 0 N–H and O–H groups in total. The lowest BCUT2D eigenvalue weighted by molar-refractivity contribution is -0.117. The summed E-state index contributed by atoms with van der Waals surface area (Å²) in [5, 5.41) is -0.333. The predicted octanol–water partition coefficient (Wildman–Crippen LogP) is 2.31. The third kappa shape index (κ3) is 1.81. The van der Waals surface area contributed by atoms with Crippen LogP contribution in [0.25, 0.3) is 0 Å². The van der Waals surface area contributed by atoms with Crippen molar-refractivity contribution in [2.24, 2.45) is 0 Å². The Kier molecular flexibility index (Phi) is 2.61. The van der Waals surface area contributed by atoms with E-state index in [-0.39, 0.29) is 29.9 Å². The lowest BCUT2D eigenvalue weighted by atomic mass is 10.2. The van der Waals surface area contributed by atoms with Crippen molar-refractivity contribution in [3.63, 3.8) is 0 Å². The first-order valence-electron chi connectivity index (χ1n) is 4.48. The van der Waals surface area contributed by atoms with E-state index < -0.39 is 11.6 Å². The van der Waals surface area contributed by atoms with E-state index in [4.69, 9.17) is 11.6 Å². The molecule has 1 aromatic rings. The van der Waals surface area contributed by atoms with Crippen LogP contribution in [-0.4, -0.2) is 17.8 Å². The van der Waals surface area contributed by atoms with E-state index in [0.717, 1.165) is 6.07 Å². The number of carbonyl (C=O) groups excluding carboxylic acids is 1. The maximum Gasteiger partial charge on any atom is 0.228 e. The van der Waals surface area contributed by atoms with E-state index in [1.165, 1.54) is 17.0 Å². The zero-order chi connectivity index (χ0) is 11.0. The Morgan fingerprint density at radius 2 is 2.13 bits per heavy atom. The zero-order valence-electron chi connectivity index (χ0n) is 7.71. The van der Waals surface area contributed by atoms with Gasteiger partial charge in [0.15, 0.2) is 11.6 Å². The molecule has 0 radical (unpaired) electrons. The summed E-state index contributed by atoms with van der Waals surface area (Å²) < 4.78 is 26.3. The Balaban J connectivity index is 2.38. The molecular weight excluding hydrogens is 224 g/mol. The van der Waals surface area contributed by atoms with Gasteiger partial charge < -0.3 is 4.90 Å². The molecule has 1 fully saturated rings. The second kappa shape index (κ2) is 3.77. The monoisotopic (exact) mass is 231 g/mol. The van der Waals surface area contributed by atoms with Crippen LogP contribution in [-0.2, 0) is 4.79 Å². The van der Waals surface area contributed by atoms with Gasteiger partial charge >= 0.3 is 0 Å². The van der Waals surface area contributed by atoms with Crippen molar-refractivity contribution >= 4 is 23.2 Å². The van der Waals surface area contributed by atoms with Crippen molar-refractivity contribution in [2.45, 2.75) is 11.8 Å². The van der Waals surface area contributed by atoms with E-state index >= 15 is 0 Å². The van der Waals surface area contributed by atoms with Gasteiger partial charge in [0.1, 0.15) is 0 Å². The topological polar surface area (TPSA) is 20.3 Å². The summed E-state index contributed by atoms with van der Waals surface area (Å²) in [7, 11) is 0. The Morgan fingerprint density at radius 3 is 2.73 bits per heavy atom. The molecule has 0 saturated carbocycles. The van der Waals surface area contributed by atoms with E-state index in [1.807, 2.05) is 0 Å². The van der Waals surface area contributed by atoms with E-state index in [0.29, 0.717) is 0 Å². The fourth-order valence-electron chi connectivity index (χ4n) is 1.60.